The number of nitrogens with zero attached hydrogens (tertiary/aromatic N) is 6. The first kappa shape index (κ1) is 23.5. The van der Waals surface area contributed by atoms with Gasteiger partial charge >= 0.3 is 0 Å². The third-order valence-electron chi connectivity index (χ3n) is 5.83. The molecule has 0 radical (unpaired) electrons. The lowest BCUT2D eigenvalue weighted by Crippen LogP contribution is -2.48. The molecule has 9 nitrogen and oxygen atoms in total. The average molecular weight is 491 g/mol. The standard InChI is InChI=1S/C22H27ClN6O3S/c1-26(2)33(31,32)19-8-9-21-20(16-19)24-25-29(21)10-4-7-22(30)28-13-11-27(12-14-28)18-6-3-5-17(23)15-18/h3,5-6,8-9,15-16H,4,7,10-14H2,1-2H3. The molecule has 33 heavy (non-hydrogen) atoms. The van der Waals surface area contributed by atoms with Crippen molar-refractivity contribution in [2.45, 2.75) is 24.3 Å². The molecule has 1 amide bonds. The topological polar surface area (TPSA) is 91.6 Å². The number of hydrogen-bond donors (Lipinski definition) is 0. The molecule has 0 unspecified atom stereocenters. The van der Waals surface area contributed by atoms with Crippen molar-refractivity contribution in [2.24, 2.45) is 0 Å². The third-order valence-corrected chi connectivity index (χ3v) is 7.88. The van der Waals surface area contributed by atoms with Crippen molar-refractivity contribution in [1.29, 1.82) is 0 Å². The Morgan fingerprint density at radius 3 is 2.55 bits per heavy atom. The zero-order chi connectivity index (χ0) is 23.6. The number of carbonyl (C=O) groups excluding carboxylic acids is 1. The molecule has 0 bridgehead atoms. The third kappa shape index (κ3) is 5.13. The Kier molecular flexibility index (Phi) is 6.87. The molecule has 1 aliphatic rings. The summed E-state index contributed by atoms with van der Waals surface area (Å²) in [6, 6.07) is 12.6. The van der Waals surface area contributed by atoms with Crippen molar-refractivity contribution in [3.63, 3.8) is 0 Å². The maximum absolute atomic E-state index is 12.7. The molecule has 2 heterocycles. The number of carbonyl (C=O) groups is 1. The SMILES string of the molecule is CN(C)S(=O)(=O)c1ccc2c(c1)nnn2CCCC(=O)N1CCN(c2cccc(Cl)c2)CC1. The highest BCUT2D eigenvalue weighted by atomic mass is 35.5. The number of fused-ring (bicyclic) bond motifs is 1. The van der Waals surface area contributed by atoms with Gasteiger partial charge in [-0.1, -0.05) is 22.9 Å². The molecule has 3 aromatic rings. The van der Waals surface area contributed by atoms with Crippen LogP contribution in [0.4, 0.5) is 5.69 Å². The van der Waals surface area contributed by atoms with Crippen LogP contribution in [0.15, 0.2) is 47.4 Å². The van der Waals surface area contributed by atoms with E-state index in [9.17, 15) is 13.2 Å². The molecule has 4 rings (SSSR count). The van der Waals surface area contributed by atoms with E-state index in [0.717, 1.165) is 24.3 Å². The van der Waals surface area contributed by atoms with E-state index in [1.54, 1.807) is 16.8 Å². The molecule has 0 aliphatic carbocycles. The van der Waals surface area contributed by atoms with Crippen molar-refractivity contribution in [3.05, 3.63) is 47.5 Å². The minimum absolute atomic E-state index is 0.129. The Labute approximate surface area is 198 Å². The van der Waals surface area contributed by atoms with E-state index < -0.39 is 10.0 Å². The second-order valence-electron chi connectivity index (χ2n) is 8.20. The number of aryl methyl sites for hydroxylation is 1. The van der Waals surface area contributed by atoms with E-state index in [2.05, 4.69) is 15.2 Å². The maximum atomic E-state index is 12.7. The number of benzene rings is 2. The van der Waals surface area contributed by atoms with E-state index >= 15 is 0 Å². The molecule has 0 saturated carbocycles. The summed E-state index contributed by atoms with van der Waals surface area (Å²) in [5, 5.41) is 8.95. The van der Waals surface area contributed by atoms with Gasteiger partial charge in [0.25, 0.3) is 0 Å². The van der Waals surface area contributed by atoms with Crippen molar-refractivity contribution < 1.29 is 13.2 Å². The number of rotatable bonds is 7. The van der Waals surface area contributed by atoms with Crippen LogP contribution in [0.3, 0.4) is 0 Å². The number of sulfonamides is 1. The predicted octanol–water partition coefficient (Wildman–Crippen LogP) is 2.46. The van der Waals surface area contributed by atoms with Gasteiger partial charge in [-0.2, -0.15) is 0 Å². The number of aromatic nitrogens is 3. The van der Waals surface area contributed by atoms with Crippen molar-refractivity contribution in [3.8, 4) is 0 Å². The van der Waals surface area contributed by atoms with Crippen LogP contribution in [-0.2, 0) is 21.4 Å². The van der Waals surface area contributed by atoms with Gasteiger partial charge in [-0.3, -0.25) is 4.79 Å². The van der Waals surface area contributed by atoms with Gasteiger partial charge in [0.15, 0.2) is 0 Å². The Bertz CT molecular complexity index is 1250. The highest BCUT2D eigenvalue weighted by Gasteiger charge is 2.22. The van der Waals surface area contributed by atoms with Crippen LogP contribution in [0, 0.1) is 0 Å². The molecule has 1 fully saturated rings. The molecular weight excluding hydrogens is 464 g/mol. The van der Waals surface area contributed by atoms with Gasteiger partial charge in [0, 0.05) is 63.9 Å². The minimum Gasteiger partial charge on any atom is -0.368 e. The zero-order valence-corrected chi connectivity index (χ0v) is 20.3. The Hall–Kier alpha value is -2.69. The van der Waals surface area contributed by atoms with Gasteiger partial charge in [0.05, 0.1) is 10.4 Å². The summed E-state index contributed by atoms with van der Waals surface area (Å²) in [6.45, 7) is 3.45. The van der Waals surface area contributed by atoms with Crippen LogP contribution in [-0.4, -0.2) is 78.8 Å². The van der Waals surface area contributed by atoms with E-state index in [0.29, 0.717) is 43.0 Å². The molecule has 11 heteroatoms. The molecule has 0 N–H and O–H groups in total. The zero-order valence-electron chi connectivity index (χ0n) is 18.7. The normalized spacial score (nSPS) is 14.9. The lowest BCUT2D eigenvalue weighted by atomic mass is 10.2. The molecule has 1 aliphatic heterocycles. The first-order valence-electron chi connectivity index (χ1n) is 10.8. The first-order chi connectivity index (χ1) is 15.8. The summed E-state index contributed by atoms with van der Waals surface area (Å²) in [5.74, 6) is 0.129. The van der Waals surface area contributed by atoms with E-state index in [-0.39, 0.29) is 10.8 Å². The Morgan fingerprint density at radius 1 is 1.09 bits per heavy atom. The molecule has 1 aromatic heterocycles. The van der Waals surface area contributed by atoms with Gasteiger partial charge in [-0.15, -0.1) is 5.10 Å². The smallest absolute Gasteiger partial charge is 0.242 e. The quantitative estimate of drug-likeness (QED) is 0.505. The van der Waals surface area contributed by atoms with Crippen LogP contribution in [0.25, 0.3) is 11.0 Å². The van der Waals surface area contributed by atoms with Crippen LogP contribution in [0.2, 0.25) is 5.02 Å². The Balaban J connectivity index is 1.30. The highest BCUT2D eigenvalue weighted by Crippen LogP contribution is 2.22. The summed E-state index contributed by atoms with van der Waals surface area (Å²) in [7, 11) is -0.546. The monoisotopic (exact) mass is 490 g/mol. The number of hydrogen-bond acceptors (Lipinski definition) is 6. The van der Waals surface area contributed by atoms with Crippen LogP contribution in [0.5, 0.6) is 0 Å². The second-order valence-corrected chi connectivity index (χ2v) is 10.8. The summed E-state index contributed by atoms with van der Waals surface area (Å²) in [5.41, 5.74) is 2.34. The number of piperazine rings is 1. The van der Waals surface area contributed by atoms with Crippen molar-refractivity contribution >= 4 is 44.3 Å². The Morgan fingerprint density at radius 2 is 1.85 bits per heavy atom. The van der Waals surface area contributed by atoms with Gasteiger partial charge in [0.1, 0.15) is 5.52 Å². The molecule has 1 saturated heterocycles. The van der Waals surface area contributed by atoms with Crippen molar-refractivity contribution in [2.75, 3.05) is 45.2 Å². The highest BCUT2D eigenvalue weighted by molar-refractivity contribution is 7.89. The van der Waals surface area contributed by atoms with Gasteiger partial charge in [-0.25, -0.2) is 17.4 Å². The first-order valence-corrected chi connectivity index (χ1v) is 12.6. The van der Waals surface area contributed by atoms with Crippen LogP contribution < -0.4 is 4.90 Å². The number of anilines is 1. The molecule has 2 aromatic carbocycles. The van der Waals surface area contributed by atoms with E-state index in [1.165, 1.54) is 24.5 Å². The molecule has 0 atom stereocenters. The van der Waals surface area contributed by atoms with Crippen LogP contribution in [0.1, 0.15) is 12.8 Å². The average Bonchev–Trinajstić information content (AvgIpc) is 3.21. The van der Waals surface area contributed by atoms with Gasteiger partial charge < -0.3 is 9.80 Å². The summed E-state index contributed by atoms with van der Waals surface area (Å²) in [6.07, 6.45) is 1.05. The van der Waals surface area contributed by atoms with Gasteiger partial charge in [0.2, 0.25) is 15.9 Å². The van der Waals surface area contributed by atoms with Crippen LogP contribution >= 0.6 is 11.6 Å². The lowest BCUT2D eigenvalue weighted by Gasteiger charge is -2.36. The maximum Gasteiger partial charge on any atom is 0.242 e. The van der Waals surface area contributed by atoms with E-state index in [1.807, 2.05) is 29.2 Å². The fraction of sp³-hybridized carbons (Fsp3) is 0.409. The second kappa shape index (κ2) is 9.66. The molecular formula is C22H27ClN6O3S. The number of halogens is 1. The minimum atomic E-state index is -3.53. The summed E-state index contributed by atoms with van der Waals surface area (Å²) >= 11 is 6.09. The predicted molar refractivity (Wildman–Crippen MR) is 128 cm³/mol. The van der Waals surface area contributed by atoms with Crippen molar-refractivity contribution in [1.82, 2.24) is 24.2 Å². The fourth-order valence-electron chi connectivity index (χ4n) is 3.91. The lowest BCUT2D eigenvalue weighted by molar-refractivity contribution is -0.131. The fourth-order valence-corrected chi connectivity index (χ4v) is 5.02. The number of amides is 1. The molecule has 176 valence electrons. The largest absolute Gasteiger partial charge is 0.368 e. The van der Waals surface area contributed by atoms with E-state index in [4.69, 9.17) is 11.6 Å². The summed E-state index contributed by atoms with van der Waals surface area (Å²) < 4.78 is 27.5. The summed E-state index contributed by atoms with van der Waals surface area (Å²) in [4.78, 5) is 17.0. The van der Waals surface area contributed by atoms with Gasteiger partial charge in [-0.05, 0) is 42.8 Å². The molecule has 0 spiro atoms.